The quantitative estimate of drug-likeness (QED) is 0.590. The smallest absolute Gasteiger partial charge is 0.258 e. The Hall–Kier alpha value is -1.44. The second-order valence-corrected chi connectivity index (χ2v) is 6.70. The van der Waals surface area contributed by atoms with Crippen LogP contribution in [0.4, 0.5) is 5.13 Å². The Balaban J connectivity index is 2.00. The predicted molar refractivity (Wildman–Crippen MR) is 90.9 cm³/mol. The number of aromatic nitrogens is 2. The summed E-state index contributed by atoms with van der Waals surface area (Å²) in [6.07, 6.45) is 0.712. The van der Waals surface area contributed by atoms with E-state index in [1.54, 1.807) is 11.8 Å². The lowest BCUT2D eigenvalue weighted by molar-refractivity contribution is 0.102. The Morgan fingerprint density at radius 3 is 2.91 bits per heavy atom. The molecule has 5 nitrogen and oxygen atoms in total. The van der Waals surface area contributed by atoms with Gasteiger partial charge in [-0.1, -0.05) is 30.4 Å². The molecule has 1 N–H and O–H groups in total. The number of hydrogen-bond acceptors (Lipinski definition) is 6. The van der Waals surface area contributed by atoms with Crippen LogP contribution < -0.4 is 5.32 Å². The van der Waals surface area contributed by atoms with Crippen molar-refractivity contribution >= 4 is 34.1 Å². The van der Waals surface area contributed by atoms with Crippen LogP contribution in [0.5, 0.6) is 0 Å². The molecule has 22 heavy (non-hydrogen) atoms. The van der Waals surface area contributed by atoms with Crippen LogP contribution >= 0.6 is 23.1 Å². The Morgan fingerprint density at radius 1 is 1.32 bits per heavy atom. The van der Waals surface area contributed by atoms with Gasteiger partial charge in [-0.2, -0.15) is 0 Å². The fourth-order valence-corrected chi connectivity index (χ4v) is 3.33. The highest BCUT2D eigenvalue weighted by atomic mass is 32.2. The molecule has 1 amide bonds. The first-order valence-electron chi connectivity index (χ1n) is 7.17. The van der Waals surface area contributed by atoms with Crippen LogP contribution in [-0.4, -0.2) is 35.1 Å². The molecule has 1 heterocycles. The minimum Gasteiger partial charge on any atom is -0.381 e. The molecule has 0 aliphatic heterocycles. The number of ether oxygens (including phenoxy) is 1. The van der Waals surface area contributed by atoms with E-state index in [2.05, 4.69) is 22.4 Å². The summed E-state index contributed by atoms with van der Waals surface area (Å²) >= 11 is 3.03. The van der Waals surface area contributed by atoms with Crippen molar-refractivity contribution in [3.63, 3.8) is 0 Å². The molecule has 0 aliphatic carbocycles. The highest BCUT2D eigenvalue weighted by molar-refractivity contribution is 7.99. The van der Waals surface area contributed by atoms with Gasteiger partial charge in [0.2, 0.25) is 5.13 Å². The van der Waals surface area contributed by atoms with E-state index in [-0.39, 0.29) is 5.91 Å². The molecule has 2 aromatic rings. The number of benzene rings is 1. The molecule has 118 valence electrons. The summed E-state index contributed by atoms with van der Waals surface area (Å²) in [5.74, 6) is 0.772. The molecule has 0 fully saturated rings. The monoisotopic (exact) mass is 337 g/mol. The third kappa shape index (κ3) is 4.79. The minimum atomic E-state index is -0.149. The molecule has 0 aliphatic rings. The number of carbonyl (C=O) groups excluding carboxylic acids is 1. The first-order chi connectivity index (χ1) is 10.7. The topological polar surface area (TPSA) is 64.1 Å². The van der Waals surface area contributed by atoms with Gasteiger partial charge in [0.1, 0.15) is 5.01 Å². The zero-order valence-corrected chi connectivity index (χ0v) is 14.3. The van der Waals surface area contributed by atoms with E-state index in [0.717, 1.165) is 15.7 Å². The van der Waals surface area contributed by atoms with Crippen LogP contribution in [0.2, 0.25) is 0 Å². The first-order valence-corrected chi connectivity index (χ1v) is 8.98. The van der Waals surface area contributed by atoms with E-state index < -0.39 is 0 Å². The van der Waals surface area contributed by atoms with Crippen LogP contribution in [0.25, 0.3) is 0 Å². The van der Waals surface area contributed by atoms with E-state index in [4.69, 9.17) is 4.74 Å². The lowest BCUT2D eigenvalue weighted by Gasteiger charge is -2.06. The molecular formula is C15H19N3O2S2. The van der Waals surface area contributed by atoms with Crippen LogP contribution in [-0.2, 0) is 11.2 Å². The molecule has 0 saturated heterocycles. The molecule has 7 heteroatoms. The average Bonchev–Trinajstić information content (AvgIpc) is 2.96. The molecule has 0 saturated carbocycles. The van der Waals surface area contributed by atoms with E-state index in [1.807, 2.05) is 31.2 Å². The normalized spacial score (nSPS) is 10.6. The maximum Gasteiger partial charge on any atom is 0.258 e. The minimum absolute atomic E-state index is 0.149. The molecule has 0 bridgehead atoms. The van der Waals surface area contributed by atoms with Gasteiger partial charge in [0.15, 0.2) is 0 Å². The van der Waals surface area contributed by atoms with Gasteiger partial charge in [0.05, 0.1) is 12.2 Å². The molecule has 2 rings (SSSR count). The Bertz CT molecular complexity index is 616. The summed E-state index contributed by atoms with van der Waals surface area (Å²) in [5, 5.41) is 12.3. The Kier molecular flexibility index (Phi) is 6.82. The van der Waals surface area contributed by atoms with Crippen LogP contribution in [0.3, 0.4) is 0 Å². The van der Waals surface area contributed by atoms with Crippen LogP contribution in [0.15, 0.2) is 29.2 Å². The van der Waals surface area contributed by atoms with Crippen LogP contribution in [0.1, 0.15) is 29.2 Å². The van der Waals surface area contributed by atoms with E-state index in [0.29, 0.717) is 30.3 Å². The molecule has 0 atom stereocenters. The Morgan fingerprint density at radius 2 is 2.14 bits per heavy atom. The highest BCUT2D eigenvalue weighted by Crippen LogP contribution is 2.24. The largest absolute Gasteiger partial charge is 0.381 e. The third-order valence-corrected chi connectivity index (χ3v) is 4.64. The second kappa shape index (κ2) is 8.87. The number of carbonyl (C=O) groups is 1. The molecule has 1 aromatic heterocycles. The van der Waals surface area contributed by atoms with Crippen molar-refractivity contribution in [1.82, 2.24) is 10.2 Å². The summed E-state index contributed by atoms with van der Waals surface area (Å²) in [6.45, 7) is 5.33. The summed E-state index contributed by atoms with van der Waals surface area (Å²) in [5.41, 5.74) is 0.667. The molecule has 0 spiro atoms. The summed E-state index contributed by atoms with van der Waals surface area (Å²) in [6, 6.07) is 7.58. The zero-order valence-electron chi connectivity index (χ0n) is 12.7. The van der Waals surface area contributed by atoms with Gasteiger partial charge >= 0.3 is 0 Å². The van der Waals surface area contributed by atoms with E-state index in [1.165, 1.54) is 11.3 Å². The summed E-state index contributed by atoms with van der Waals surface area (Å²) < 4.78 is 5.29. The fourth-order valence-electron chi connectivity index (χ4n) is 1.81. The number of amides is 1. The number of rotatable bonds is 8. The van der Waals surface area contributed by atoms with Gasteiger partial charge in [-0.05, 0) is 24.8 Å². The number of hydrogen-bond donors (Lipinski definition) is 1. The predicted octanol–water partition coefficient (Wildman–Crippen LogP) is 3.48. The second-order valence-electron chi connectivity index (χ2n) is 4.33. The van der Waals surface area contributed by atoms with Gasteiger partial charge in [-0.15, -0.1) is 22.0 Å². The van der Waals surface area contributed by atoms with Crippen molar-refractivity contribution in [3.05, 3.63) is 34.8 Å². The molecule has 0 unspecified atom stereocenters. The zero-order chi connectivity index (χ0) is 15.8. The van der Waals surface area contributed by atoms with Crippen LogP contribution in [0, 0.1) is 0 Å². The summed E-state index contributed by atoms with van der Waals surface area (Å²) in [4.78, 5) is 13.3. The van der Waals surface area contributed by atoms with Crippen molar-refractivity contribution in [2.45, 2.75) is 25.2 Å². The molecule has 0 radical (unpaired) electrons. The van der Waals surface area contributed by atoms with E-state index >= 15 is 0 Å². The van der Waals surface area contributed by atoms with Crippen molar-refractivity contribution in [1.29, 1.82) is 0 Å². The lowest BCUT2D eigenvalue weighted by Crippen LogP contribution is -2.12. The lowest BCUT2D eigenvalue weighted by atomic mass is 10.2. The first kappa shape index (κ1) is 16.9. The number of anilines is 1. The number of nitrogens with one attached hydrogen (secondary N) is 1. The number of thioether (sulfide) groups is 1. The van der Waals surface area contributed by atoms with Crippen molar-refractivity contribution in [3.8, 4) is 0 Å². The van der Waals surface area contributed by atoms with Gasteiger partial charge in [-0.3, -0.25) is 10.1 Å². The van der Waals surface area contributed by atoms with E-state index in [9.17, 15) is 4.79 Å². The standard InChI is InChI=1S/C15H19N3O2S2/c1-3-20-10-9-13-17-18-15(22-13)16-14(19)11-7-5-6-8-12(11)21-4-2/h5-8H,3-4,9-10H2,1-2H3,(H,16,18,19). The van der Waals surface area contributed by atoms with Gasteiger partial charge < -0.3 is 4.74 Å². The van der Waals surface area contributed by atoms with Crippen molar-refractivity contribution in [2.24, 2.45) is 0 Å². The third-order valence-electron chi connectivity index (χ3n) is 2.78. The van der Waals surface area contributed by atoms with Gasteiger partial charge in [-0.25, -0.2) is 0 Å². The molecular weight excluding hydrogens is 318 g/mol. The summed E-state index contributed by atoms with van der Waals surface area (Å²) in [7, 11) is 0. The Labute approximate surface area is 138 Å². The highest BCUT2D eigenvalue weighted by Gasteiger charge is 2.13. The maximum absolute atomic E-state index is 12.4. The SMILES string of the molecule is CCOCCc1nnc(NC(=O)c2ccccc2SCC)s1. The maximum atomic E-state index is 12.4. The average molecular weight is 337 g/mol. The fraction of sp³-hybridized carbons (Fsp3) is 0.400. The van der Waals surface area contributed by atoms with Gasteiger partial charge in [0.25, 0.3) is 5.91 Å². The number of nitrogens with zero attached hydrogens (tertiary/aromatic N) is 2. The van der Waals surface area contributed by atoms with Crippen molar-refractivity contribution in [2.75, 3.05) is 24.3 Å². The van der Waals surface area contributed by atoms with Gasteiger partial charge in [0, 0.05) is 17.9 Å². The van der Waals surface area contributed by atoms with Crippen molar-refractivity contribution < 1.29 is 9.53 Å². The molecule has 1 aromatic carbocycles.